The first kappa shape index (κ1) is 15.9. The van der Waals surface area contributed by atoms with Crippen LogP contribution in [-0.2, 0) is 4.79 Å². The molecule has 1 aliphatic carbocycles. The fourth-order valence-corrected chi connectivity index (χ4v) is 2.94. The lowest BCUT2D eigenvalue weighted by molar-refractivity contribution is -0.120. The lowest BCUT2D eigenvalue weighted by Crippen LogP contribution is -2.34. The molecule has 2 rings (SSSR count). The minimum Gasteiger partial charge on any atom is -0.330 e. The second-order valence-corrected chi connectivity index (χ2v) is 5.93. The molecule has 0 spiro atoms. The number of benzene rings is 1. The van der Waals surface area contributed by atoms with Crippen LogP contribution in [0.15, 0.2) is 24.3 Å². The first-order chi connectivity index (χ1) is 10.1. The topological polar surface area (TPSA) is 41.1 Å². The van der Waals surface area contributed by atoms with E-state index in [-0.39, 0.29) is 16.7 Å². The van der Waals surface area contributed by atoms with E-state index < -0.39 is 5.82 Å². The summed E-state index contributed by atoms with van der Waals surface area (Å²) in [5, 5.41) is 5.46. The molecule has 1 amide bonds. The molecule has 114 valence electrons. The van der Waals surface area contributed by atoms with Crippen LogP contribution in [0.25, 0.3) is 0 Å². The normalized spacial score (nSPS) is 15.5. The molecule has 2 N–H and O–H groups in total. The fraction of sp³-hybridized carbons (Fsp3) is 0.500. The van der Waals surface area contributed by atoms with E-state index in [9.17, 15) is 9.18 Å². The number of nitrogens with one attached hydrogen (secondary N) is 2. The van der Waals surface area contributed by atoms with Gasteiger partial charge in [0.05, 0.1) is 5.69 Å². The second kappa shape index (κ2) is 8.08. The highest BCUT2D eigenvalue weighted by molar-refractivity contribution is 7.80. The number of anilines is 1. The second-order valence-electron chi connectivity index (χ2n) is 5.52. The van der Waals surface area contributed by atoms with Crippen molar-refractivity contribution >= 4 is 28.9 Å². The zero-order chi connectivity index (χ0) is 15.1. The Hall–Kier alpha value is -1.49. The summed E-state index contributed by atoms with van der Waals surface area (Å²) in [6, 6.07) is 6.23. The molecule has 21 heavy (non-hydrogen) atoms. The Morgan fingerprint density at radius 2 is 1.95 bits per heavy atom. The molecular formula is C16H21FN2OS. The van der Waals surface area contributed by atoms with E-state index in [0.717, 1.165) is 6.42 Å². The number of amides is 1. The molecule has 0 atom stereocenters. The van der Waals surface area contributed by atoms with Crippen LogP contribution < -0.4 is 10.6 Å². The predicted octanol–water partition coefficient (Wildman–Crippen LogP) is 4.00. The third-order valence-electron chi connectivity index (χ3n) is 3.88. The number of hydrogen-bond donors (Lipinski definition) is 2. The minimum absolute atomic E-state index is 0.102. The van der Waals surface area contributed by atoms with Crippen molar-refractivity contribution in [3.63, 3.8) is 0 Å². The summed E-state index contributed by atoms with van der Waals surface area (Å²) in [7, 11) is 0. The fourth-order valence-electron chi connectivity index (χ4n) is 2.72. The van der Waals surface area contributed by atoms with Crippen molar-refractivity contribution in [3.8, 4) is 0 Å². The van der Waals surface area contributed by atoms with E-state index in [1.165, 1.54) is 38.2 Å². The van der Waals surface area contributed by atoms with Crippen molar-refractivity contribution in [2.45, 2.75) is 44.9 Å². The molecule has 1 saturated carbocycles. The number of carbonyl (C=O) groups is 1. The third-order valence-corrected chi connectivity index (χ3v) is 4.08. The van der Waals surface area contributed by atoms with Gasteiger partial charge < -0.3 is 10.6 Å². The van der Waals surface area contributed by atoms with Crippen LogP contribution in [0.4, 0.5) is 10.1 Å². The molecule has 1 aromatic rings. The number of hydrogen-bond acceptors (Lipinski definition) is 2. The smallest absolute Gasteiger partial charge is 0.226 e. The van der Waals surface area contributed by atoms with Crippen LogP contribution in [0.2, 0.25) is 0 Å². The van der Waals surface area contributed by atoms with Crippen LogP contribution in [0.5, 0.6) is 0 Å². The van der Waals surface area contributed by atoms with Crippen LogP contribution in [0.1, 0.15) is 44.9 Å². The van der Waals surface area contributed by atoms with Crippen LogP contribution in [0.3, 0.4) is 0 Å². The van der Waals surface area contributed by atoms with Gasteiger partial charge in [-0.2, -0.15) is 0 Å². The molecule has 1 fully saturated rings. The van der Waals surface area contributed by atoms with Gasteiger partial charge in [0.25, 0.3) is 0 Å². The van der Waals surface area contributed by atoms with Gasteiger partial charge in [-0.1, -0.05) is 44.2 Å². The maximum atomic E-state index is 13.4. The summed E-state index contributed by atoms with van der Waals surface area (Å²) in [4.78, 5) is 11.8. The average molecular weight is 308 g/mol. The molecule has 1 aliphatic rings. The standard InChI is InChI=1S/C16H21FN2OS/c17-13-8-4-5-9-14(13)18-16(21)19-15(20)11-10-12-6-2-1-3-7-12/h4-5,8-9,12H,1-3,6-7,10-11H2,(H2,18,19,20,21). The molecule has 0 heterocycles. The first-order valence-electron chi connectivity index (χ1n) is 7.50. The molecule has 5 heteroatoms. The van der Waals surface area contributed by atoms with Crippen molar-refractivity contribution in [1.29, 1.82) is 0 Å². The van der Waals surface area contributed by atoms with E-state index in [1.54, 1.807) is 18.2 Å². The lowest BCUT2D eigenvalue weighted by Gasteiger charge is -2.21. The average Bonchev–Trinajstić information content (AvgIpc) is 2.48. The first-order valence-corrected chi connectivity index (χ1v) is 7.91. The third kappa shape index (κ3) is 5.42. The lowest BCUT2D eigenvalue weighted by atomic mass is 9.86. The van der Waals surface area contributed by atoms with E-state index in [4.69, 9.17) is 12.2 Å². The van der Waals surface area contributed by atoms with Crippen molar-refractivity contribution in [2.24, 2.45) is 5.92 Å². The van der Waals surface area contributed by atoms with E-state index in [2.05, 4.69) is 10.6 Å². The van der Waals surface area contributed by atoms with Gasteiger partial charge in [-0.3, -0.25) is 4.79 Å². The summed E-state index contributed by atoms with van der Waals surface area (Å²) in [6.07, 6.45) is 7.72. The number of para-hydroxylation sites is 1. The van der Waals surface area contributed by atoms with E-state index in [0.29, 0.717) is 12.3 Å². The van der Waals surface area contributed by atoms with Gasteiger partial charge in [-0.15, -0.1) is 0 Å². The van der Waals surface area contributed by atoms with Crippen LogP contribution in [-0.4, -0.2) is 11.0 Å². The molecule has 0 radical (unpaired) electrons. The highest BCUT2D eigenvalue weighted by atomic mass is 32.1. The predicted molar refractivity (Wildman–Crippen MR) is 86.6 cm³/mol. The quantitative estimate of drug-likeness (QED) is 0.826. The molecular weight excluding hydrogens is 287 g/mol. The highest BCUT2D eigenvalue weighted by Crippen LogP contribution is 2.27. The summed E-state index contributed by atoms with van der Waals surface area (Å²) < 4.78 is 13.4. The summed E-state index contributed by atoms with van der Waals surface area (Å²) in [5.74, 6) is 0.170. The number of halogens is 1. The zero-order valence-electron chi connectivity index (χ0n) is 12.0. The van der Waals surface area contributed by atoms with Crippen molar-refractivity contribution < 1.29 is 9.18 Å². The molecule has 0 unspecified atom stereocenters. The summed E-state index contributed by atoms with van der Waals surface area (Å²) >= 11 is 5.03. The maximum absolute atomic E-state index is 13.4. The van der Waals surface area contributed by atoms with Gasteiger partial charge in [0.1, 0.15) is 5.82 Å². The molecule has 1 aromatic carbocycles. The van der Waals surface area contributed by atoms with Crippen LogP contribution in [0, 0.1) is 11.7 Å². The van der Waals surface area contributed by atoms with Gasteiger partial charge in [0.2, 0.25) is 5.91 Å². The van der Waals surface area contributed by atoms with Gasteiger partial charge in [-0.25, -0.2) is 4.39 Å². The van der Waals surface area contributed by atoms with Gasteiger partial charge in [0.15, 0.2) is 5.11 Å². The van der Waals surface area contributed by atoms with Gasteiger partial charge >= 0.3 is 0 Å². The molecule has 0 aromatic heterocycles. The Kier molecular flexibility index (Phi) is 6.11. The molecule has 3 nitrogen and oxygen atoms in total. The largest absolute Gasteiger partial charge is 0.330 e. The molecule has 0 saturated heterocycles. The molecule has 0 aliphatic heterocycles. The Morgan fingerprint density at radius 1 is 1.24 bits per heavy atom. The van der Waals surface area contributed by atoms with E-state index in [1.807, 2.05) is 0 Å². The Bertz CT molecular complexity index is 501. The SMILES string of the molecule is O=C(CCC1CCCCC1)NC(=S)Nc1ccccc1F. The van der Waals surface area contributed by atoms with Gasteiger partial charge in [0, 0.05) is 6.42 Å². The van der Waals surface area contributed by atoms with Crippen molar-refractivity contribution in [3.05, 3.63) is 30.1 Å². The molecule has 0 bridgehead atoms. The number of thiocarbonyl (C=S) groups is 1. The monoisotopic (exact) mass is 308 g/mol. The Labute approximate surface area is 130 Å². The minimum atomic E-state index is -0.392. The number of rotatable bonds is 4. The summed E-state index contributed by atoms with van der Waals surface area (Å²) in [5.41, 5.74) is 0.273. The van der Waals surface area contributed by atoms with Gasteiger partial charge in [-0.05, 0) is 36.7 Å². The highest BCUT2D eigenvalue weighted by Gasteiger charge is 2.15. The zero-order valence-corrected chi connectivity index (χ0v) is 12.8. The van der Waals surface area contributed by atoms with Crippen molar-refractivity contribution in [2.75, 3.05) is 5.32 Å². The maximum Gasteiger partial charge on any atom is 0.226 e. The summed E-state index contributed by atoms with van der Waals surface area (Å²) in [6.45, 7) is 0. The van der Waals surface area contributed by atoms with E-state index >= 15 is 0 Å². The Balaban J connectivity index is 1.72. The Morgan fingerprint density at radius 3 is 2.67 bits per heavy atom. The van der Waals surface area contributed by atoms with Crippen LogP contribution >= 0.6 is 12.2 Å². The number of carbonyl (C=O) groups excluding carboxylic acids is 1. The van der Waals surface area contributed by atoms with Crippen molar-refractivity contribution in [1.82, 2.24) is 5.32 Å².